The monoisotopic (exact) mass is 484 g/mol. The van der Waals surface area contributed by atoms with E-state index in [0.29, 0.717) is 11.3 Å². The van der Waals surface area contributed by atoms with Crippen molar-refractivity contribution in [3.05, 3.63) is 65.7 Å². The quantitative estimate of drug-likeness (QED) is 0.337. The lowest BCUT2D eigenvalue weighted by atomic mass is 10.1. The van der Waals surface area contributed by atoms with Gasteiger partial charge >= 0.3 is 0 Å². The number of hydrogen-bond donors (Lipinski definition) is 0. The molecule has 0 spiro atoms. The molecule has 0 amide bonds. The van der Waals surface area contributed by atoms with E-state index in [1.165, 1.54) is 24.0 Å². The number of fused-ring (bicyclic) bond motifs is 1. The Morgan fingerprint density at radius 2 is 1.79 bits per heavy atom. The lowest BCUT2D eigenvalue weighted by Gasteiger charge is -2.11. The van der Waals surface area contributed by atoms with E-state index < -0.39 is 10.0 Å². The summed E-state index contributed by atoms with van der Waals surface area (Å²) >= 11 is 1.58. The average molecular weight is 485 g/mol. The van der Waals surface area contributed by atoms with Crippen molar-refractivity contribution >= 4 is 32.8 Å². The van der Waals surface area contributed by atoms with E-state index in [0.717, 1.165) is 41.7 Å². The highest BCUT2D eigenvalue weighted by Gasteiger charge is 2.20. The van der Waals surface area contributed by atoms with E-state index in [4.69, 9.17) is 4.98 Å². The number of thioether (sulfide) groups is 1. The molecule has 2 aromatic heterocycles. The summed E-state index contributed by atoms with van der Waals surface area (Å²) < 4.78 is 30.5. The van der Waals surface area contributed by atoms with Crippen molar-refractivity contribution in [2.24, 2.45) is 7.05 Å². The van der Waals surface area contributed by atoms with E-state index in [9.17, 15) is 8.42 Å². The summed E-state index contributed by atoms with van der Waals surface area (Å²) in [7, 11) is 1.53. The predicted molar refractivity (Wildman–Crippen MR) is 131 cm³/mol. The molecule has 33 heavy (non-hydrogen) atoms. The summed E-state index contributed by atoms with van der Waals surface area (Å²) in [6.45, 7) is 2.93. The van der Waals surface area contributed by atoms with Crippen molar-refractivity contribution in [1.29, 1.82) is 0 Å². The maximum absolute atomic E-state index is 12.5. The SMILES string of the molecule is CCCn1c(CSc2nnc(Cc3ccccc3)n2C)nc2cc(S(=O)(=O)N(C)C)ccc21. The number of nitrogens with zero attached hydrogens (tertiary/aromatic N) is 6. The van der Waals surface area contributed by atoms with Gasteiger partial charge in [0, 0.05) is 34.1 Å². The van der Waals surface area contributed by atoms with Crippen molar-refractivity contribution in [2.75, 3.05) is 14.1 Å². The highest BCUT2D eigenvalue weighted by atomic mass is 32.2. The third-order valence-electron chi connectivity index (χ3n) is 5.49. The molecular weight excluding hydrogens is 456 g/mol. The Bertz CT molecular complexity index is 1360. The number of sulfonamides is 1. The molecule has 0 bridgehead atoms. The molecule has 0 saturated carbocycles. The second-order valence-corrected chi connectivity index (χ2v) is 11.1. The molecule has 0 radical (unpaired) electrons. The number of aryl methyl sites for hydroxylation is 1. The molecule has 8 nitrogen and oxygen atoms in total. The van der Waals surface area contributed by atoms with Crippen molar-refractivity contribution in [3.63, 3.8) is 0 Å². The zero-order chi connectivity index (χ0) is 23.6. The molecule has 2 aromatic carbocycles. The van der Waals surface area contributed by atoms with E-state index >= 15 is 0 Å². The van der Waals surface area contributed by atoms with Gasteiger partial charge in [0.15, 0.2) is 5.16 Å². The lowest BCUT2D eigenvalue weighted by Crippen LogP contribution is -2.22. The molecule has 2 heterocycles. The molecule has 0 aliphatic carbocycles. The first-order valence-corrected chi connectivity index (χ1v) is 13.2. The predicted octanol–water partition coefficient (Wildman–Crippen LogP) is 3.71. The highest BCUT2D eigenvalue weighted by molar-refractivity contribution is 7.98. The van der Waals surface area contributed by atoms with Crippen molar-refractivity contribution in [2.45, 2.75) is 42.1 Å². The van der Waals surface area contributed by atoms with Crippen LogP contribution in [0.3, 0.4) is 0 Å². The lowest BCUT2D eigenvalue weighted by molar-refractivity contribution is 0.521. The minimum atomic E-state index is -3.51. The van der Waals surface area contributed by atoms with Gasteiger partial charge in [0.05, 0.1) is 21.7 Å². The molecule has 0 aliphatic rings. The molecule has 4 aromatic rings. The van der Waals surface area contributed by atoms with Gasteiger partial charge in [0.2, 0.25) is 10.0 Å². The van der Waals surface area contributed by atoms with Gasteiger partial charge in [-0.3, -0.25) is 0 Å². The van der Waals surface area contributed by atoms with E-state index in [1.54, 1.807) is 23.9 Å². The molecule has 0 N–H and O–H groups in total. The van der Waals surface area contributed by atoms with Crippen LogP contribution in [-0.4, -0.2) is 51.1 Å². The Balaban J connectivity index is 1.59. The van der Waals surface area contributed by atoms with Gasteiger partial charge in [-0.1, -0.05) is 49.0 Å². The Morgan fingerprint density at radius 1 is 1.03 bits per heavy atom. The first-order valence-electron chi connectivity index (χ1n) is 10.8. The standard InChI is InChI=1S/C23H28N6O2S2/c1-5-13-29-20-12-11-18(33(30,31)27(2)3)15-19(20)24-22(29)16-32-23-26-25-21(28(23)4)14-17-9-7-6-8-10-17/h6-12,15H,5,13-14,16H2,1-4H3. The maximum atomic E-state index is 12.5. The average Bonchev–Trinajstić information content (AvgIpc) is 3.32. The molecule has 174 valence electrons. The zero-order valence-corrected chi connectivity index (χ0v) is 20.9. The summed E-state index contributed by atoms with van der Waals surface area (Å²) in [5, 5.41) is 9.58. The molecule has 0 saturated heterocycles. The largest absolute Gasteiger partial charge is 0.327 e. The van der Waals surface area contributed by atoms with Crippen LogP contribution in [0.2, 0.25) is 0 Å². The molecule has 0 atom stereocenters. The summed E-state index contributed by atoms with van der Waals surface area (Å²) in [5.41, 5.74) is 2.82. The zero-order valence-electron chi connectivity index (χ0n) is 19.3. The van der Waals surface area contributed by atoms with E-state index in [-0.39, 0.29) is 4.90 Å². The molecular formula is C23H28N6O2S2. The van der Waals surface area contributed by atoms with Gasteiger partial charge in [-0.05, 0) is 30.2 Å². The Kier molecular flexibility index (Phi) is 6.87. The van der Waals surface area contributed by atoms with Crippen LogP contribution in [0.1, 0.15) is 30.6 Å². The van der Waals surface area contributed by atoms with Gasteiger partial charge in [-0.2, -0.15) is 0 Å². The van der Waals surface area contributed by atoms with Gasteiger partial charge in [0.25, 0.3) is 0 Å². The summed E-state index contributed by atoms with van der Waals surface area (Å²) in [4.78, 5) is 5.04. The van der Waals surface area contributed by atoms with E-state index in [1.807, 2.05) is 35.9 Å². The number of rotatable bonds is 9. The number of imidazole rings is 1. The first kappa shape index (κ1) is 23.5. The van der Waals surface area contributed by atoms with Gasteiger partial charge in [-0.25, -0.2) is 17.7 Å². The second kappa shape index (κ2) is 9.66. The number of hydrogen-bond acceptors (Lipinski definition) is 6. The van der Waals surface area contributed by atoms with Crippen LogP contribution in [-0.2, 0) is 35.8 Å². The van der Waals surface area contributed by atoms with Crippen molar-refractivity contribution < 1.29 is 8.42 Å². The fourth-order valence-corrected chi connectivity index (χ4v) is 5.44. The van der Waals surface area contributed by atoms with E-state index in [2.05, 4.69) is 33.8 Å². The van der Waals surface area contributed by atoms with Crippen LogP contribution in [0.5, 0.6) is 0 Å². The van der Waals surface area contributed by atoms with Crippen molar-refractivity contribution in [1.82, 2.24) is 28.6 Å². The topological polar surface area (TPSA) is 85.9 Å². The summed E-state index contributed by atoms with van der Waals surface area (Å²) in [5.74, 6) is 2.41. The maximum Gasteiger partial charge on any atom is 0.242 e. The van der Waals surface area contributed by atoms with Crippen LogP contribution >= 0.6 is 11.8 Å². The minimum Gasteiger partial charge on any atom is -0.327 e. The Hall–Kier alpha value is -2.69. The fraction of sp³-hybridized carbons (Fsp3) is 0.348. The Morgan fingerprint density at radius 3 is 2.48 bits per heavy atom. The molecule has 0 unspecified atom stereocenters. The van der Waals surface area contributed by atoms with Crippen LogP contribution in [0.25, 0.3) is 11.0 Å². The smallest absolute Gasteiger partial charge is 0.242 e. The van der Waals surface area contributed by atoms with Crippen LogP contribution in [0.4, 0.5) is 0 Å². The third-order valence-corrected chi connectivity index (χ3v) is 8.31. The van der Waals surface area contributed by atoms with Gasteiger partial charge < -0.3 is 9.13 Å². The van der Waals surface area contributed by atoms with Gasteiger partial charge in [0.1, 0.15) is 11.6 Å². The number of benzene rings is 2. The molecule has 10 heteroatoms. The molecule has 0 aliphatic heterocycles. The van der Waals surface area contributed by atoms with Crippen LogP contribution < -0.4 is 0 Å². The first-order chi connectivity index (χ1) is 15.8. The summed E-state index contributed by atoms with van der Waals surface area (Å²) in [6.07, 6.45) is 1.68. The summed E-state index contributed by atoms with van der Waals surface area (Å²) in [6, 6.07) is 15.4. The third kappa shape index (κ3) is 4.83. The second-order valence-electron chi connectivity index (χ2n) is 8.03. The number of aromatic nitrogens is 5. The minimum absolute atomic E-state index is 0.249. The van der Waals surface area contributed by atoms with Crippen LogP contribution in [0, 0.1) is 0 Å². The molecule has 0 fully saturated rings. The molecule has 4 rings (SSSR count). The van der Waals surface area contributed by atoms with Crippen LogP contribution in [0.15, 0.2) is 58.6 Å². The van der Waals surface area contributed by atoms with Gasteiger partial charge in [-0.15, -0.1) is 10.2 Å². The fourth-order valence-electron chi connectivity index (χ4n) is 3.65. The highest BCUT2D eigenvalue weighted by Crippen LogP contribution is 2.27. The Labute approximate surface area is 198 Å². The normalized spacial score (nSPS) is 12.2. The van der Waals surface area contributed by atoms with Crippen molar-refractivity contribution in [3.8, 4) is 0 Å².